The van der Waals surface area contributed by atoms with Crippen LogP contribution in [0.4, 0.5) is 13.2 Å². The summed E-state index contributed by atoms with van der Waals surface area (Å²) in [7, 11) is 0. The summed E-state index contributed by atoms with van der Waals surface area (Å²) in [6.07, 6.45) is -7.78. The second-order valence-corrected chi connectivity index (χ2v) is 3.66. The van der Waals surface area contributed by atoms with E-state index < -0.39 is 24.8 Å². The van der Waals surface area contributed by atoms with E-state index in [9.17, 15) is 13.2 Å². The number of hydrogen-bond donors (Lipinski definition) is 1. The summed E-state index contributed by atoms with van der Waals surface area (Å²) in [6, 6.07) is 0. The SMILES string of the molecule is CCOC(CC)c1noc(CC(O)C(F)(F)F)n1. The zero-order valence-corrected chi connectivity index (χ0v) is 10.1. The summed E-state index contributed by atoms with van der Waals surface area (Å²) in [5.41, 5.74) is 0. The molecule has 2 unspecified atom stereocenters. The molecule has 0 bridgehead atoms. The van der Waals surface area contributed by atoms with E-state index in [0.29, 0.717) is 13.0 Å². The highest BCUT2D eigenvalue weighted by molar-refractivity contribution is 4.93. The van der Waals surface area contributed by atoms with Gasteiger partial charge in [0.25, 0.3) is 0 Å². The summed E-state index contributed by atoms with van der Waals surface area (Å²) in [4.78, 5) is 3.79. The van der Waals surface area contributed by atoms with Crippen molar-refractivity contribution < 1.29 is 27.5 Å². The van der Waals surface area contributed by atoms with Crippen molar-refractivity contribution in [3.05, 3.63) is 11.7 Å². The third-order valence-electron chi connectivity index (χ3n) is 2.26. The van der Waals surface area contributed by atoms with Crippen molar-refractivity contribution in [2.24, 2.45) is 0 Å². The molecule has 0 saturated carbocycles. The van der Waals surface area contributed by atoms with E-state index in [1.54, 1.807) is 6.92 Å². The largest absolute Gasteiger partial charge is 0.414 e. The lowest BCUT2D eigenvalue weighted by atomic mass is 10.2. The fourth-order valence-corrected chi connectivity index (χ4v) is 1.34. The molecule has 1 aromatic heterocycles. The molecule has 0 aliphatic heterocycles. The smallest absolute Gasteiger partial charge is 0.383 e. The molecular weight excluding hydrogens is 253 g/mol. The number of hydrogen-bond acceptors (Lipinski definition) is 5. The van der Waals surface area contributed by atoms with Gasteiger partial charge in [-0.2, -0.15) is 18.2 Å². The predicted molar refractivity (Wildman–Crippen MR) is 54.7 cm³/mol. The van der Waals surface area contributed by atoms with Gasteiger partial charge < -0.3 is 14.4 Å². The van der Waals surface area contributed by atoms with E-state index >= 15 is 0 Å². The summed E-state index contributed by atoms with van der Waals surface area (Å²) in [5.74, 6) is -0.0586. The van der Waals surface area contributed by atoms with Gasteiger partial charge in [0.05, 0.1) is 6.42 Å². The van der Waals surface area contributed by atoms with Crippen molar-refractivity contribution in [3.63, 3.8) is 0 Å². The van der Waals surface area contributed by atoms with Crippen LogP contribution in [-0.4, -0.2) is 34.1 Å². The highest BCUT2D eigenvalue weighted by Gasteiger charge is 2.39. The van der Waals surface area contributed by atoms with Crippen LogP contribution in [0.15, 0.2) is 4.52 Å². The minimum Gasteiger partial charge on any atom is -0.383 e. The topological polar surface area (TPSA) is 68.4 Å². The third-order valence-corrected chi connectivity index (χ3v) is 2.26. The van der Waals surface area contributed by atoms with Crippen LogP contribution in [0.25, 0.3) is 0 Å². The summed E-state index contributed by atoms with van der Waals surface area (Å²) in [6.45, 7) is 4.06. The zero-order valence-electron chi connectivity index (χ0n) is 10.1. The number of ether oxygens (including phenoxy) is 1. The van der Waals surface area contributed by atoms with Crippen LogP contribution in [0.3, 0.4) is 0 Å². The summed E-state index contributed by atoms with van der Waals surface area (Å²) < 4.78 is 46.3. The summed E-state index contributed by atoms with van der Waals surface area (Å²) in [5, 5.41) is 12.4. The average Bonchev–Trinajstić information content (AvgIpc) is 2.73. The Hall–Kier alpha value is -1.15. The Morgan fingerprint density at radius 1 is 1.39 bits per heavy atom. The Morgan fingerprint density at radius 2 is 2.06 bits per heavy atom. The van der Waals surface area contributed by atoms with Gasteiger partial charge >= 0.3 is 6.18 Å². The second-order valence-electron chi connectivity index (χ2n) is 3.66. The Bertz CT molecular complexity index is 367. The molecule has 0 spiro atoms. The molecule has 18 heavy (non-hydrogen) atoms. The Kier molecular flexibility index (Phi) is 5.09. The van der Waals surface area contributed by atoms with Crippen molar-refractivity contribution in [1.82, 2.24) is 10.1 Å². The van der Waals surface area contributed by atoms with Crippen LogP contribution in [0.5, 0.6) is 0 Å². The van der Waals surface area contributed by atoms with Crippen molar-refractivity contribution in [2.75, 3.05) is 6.61 Å². The maximum absolute atomic E-state index is 12.1. The van der Waals surface area contributed by atoms with Crippen molar-refractivity contribution >= 4 is 0 Å². The third kappa shape index (κ3) is 3.95. The number of aromatic nitrogens is 2. The Balaban J connectivity index is 2.68. The lowest BCUT2D eigenvalue weighted by Crippen LogP contribution is -2.30. The Labute approximate surface area is 102 Å². The van der Waals surface area contributed by atoms with Gasteiger partial charge in [0.15, 0.2) is 6.10 Å². The first-order valence-electron chi connectivity index (χ1n) is 5.57. The second kappa shape index (κ2) is 6.14. The number of rotatable bonds is 6. The molecule has 0 fully saturated rings. The van der Waals surface area contributed by atoms with Gasteiger partial charge in [-0.25, -0.2) is 0 Å². The molecule has 0 amide bonds. The normalized spacial score (nSPS) is 15.7. The minimum absolute atomic E-state index is 0.198. The molecule has 0 saturated heterocycles. The average molecular weight is 268 g/mol. The maximum atomic E-state index is 12.1. The molecule has 2 atom stereocenters. The van der Waals surface area contributed by atoms with E-state index in [-0.39, 0.29) is 11.7 Å². The molecule has 1 N–H and O–H groups in total. The predicted octanol–water partition coefficient (Wildman–Crippen LogP) is 2.02. The Morgan fingerprint density at radius 3 is 2.56 bits per heavy atom. The van der Waals surface area contributed by atoms with Crippen LogP contribution >= 0.6 is 0 Å². The molecule has 5 nitrogen and oxygen atoms in total. The standard InChI is InChI=1S/C10H15F3N2O3/c1-3-6(17-4-2)9-14-8(18-15-9)5-7(16)10(11,12)13/h6-7,16H,3-5H2,1-2H3. The van der Waals surface area contributed by atoms with E-state index in [4.69, 9.17) is 9.84 Å². The van der Waals surface area contributed by atoms with Gasteiger partial charge in [-0.3, -0.25) is 0 Å². The number of aliphatic hydroxyl groups is 1. The first-order chi connectivity index (χ1) is 8.38. The van der Waals surface area contributed by atoms with Crippen molar-refractivity contribution in [2.45, 2.75) is 45.1 Å². The lowest BCUT2D eigenvalue weighted by Gasteiger charge is -2.11. The zero-order chi connectivity index (χ0) is 13.8. The molecule has 0 radical (unpaired) electrons. The number of halogens is 3. The van der Waals surface area contributed by atoms with Crippen molar-refractivity contribution in [1.29, 1.82) is 0 Å². The molecule has 8 heteroatoms. The van der Waals surface area contributed by atoms with Gasteiger partial charge in [0.1, 0.15) is 6.10 Å². The van der Waals surface area contributed by atoms with Crippen LogP contribution < -0.4 is 0 Å². The van der Waals surface area contributed by atoms with Crippen LogP contribution in [0.2, 0.25) is 0 Å². The van der Waals surface area contributed by atoms with Gasteiger partial charge in [-0.1, -0.05) is 12.1 Å². The number of nitrogens with zero attached hydrogens (tertiary/aromatic N) is 2. The van der Waals surface area contributed by atoms with Gasteiger partial charge in [0.2, 0.25) is 11.7 Å². The molecular formula is C10H15F3N2O3. The van der Waals surface area contributed by atoms with Crippen molar-refractivity contribution in [3.8, 4) is 0 Å². The number of aliphatic hydroxyl groups excluding tert-OH is 1. The molecule has 0 aliphatic rings. The van der Waals surface area contributed by atoms with Gasteiger partial charge in [-0.05, 0) is 13.3 Å². The van der Waals surface area contributed by atoms with E-state index in [0.717, 1.165) is 0 Å². The van der Waals surface area contributed by atoms with E-state index in [1.807, 2.05) is 6.92 Å². The molecule has 104 valence electrons. The minimum atomic E-state index is -4.70. The van der Waals surface area contributed by atoms with E-state index in [2.05, 4.69) is 14.7 Å². The molecule has 1 rings (SSSR count). The first-order valence-corrected chi connectivity index (χ1v) is 5.57. The molecule has 0 aliphatic carbocycles. The highest BCUT2D eigenvalue weighted by atomic mass is 19.4. The first kappa shape index (κ1) is 14.9. The quantitative estimate of drug-likeness (QED) is 0.854. The van der Waals surface area contributed by atoms with Crippen LogP contribution in [0.1, 0.15) is 38.1 Å². The lowest BCUT2D eigenvalue weighted by molar-refractivity contribution is -0.204. The number of alkyl halides is 3. The fourth-order valence-electron chi connectivity index (χ4n) is 1.34. The fraction of sp³-hybridized carbons (Fsp3) is 0.800. The molecule has 0 aromatic carbocycles. The highest BCUT2D eigenvalue weighted by Crippen LogP contribution is 2.23. The van der Waals surface area contributed by atoms with Gasteiger partial charge in [-0.15, -0.1) is 0 Å². The monoisotopic (exact) mass is 268 g/mol. The molecule has 1 heterocycles. The van der Waals surface area contributed by atoms with Gasteiger partial charge in [0, 0.05) is 6.61 Å². The summed E-state index contributed by atoms with van der Waals surface area (Å²) >= 11 is 0. The van der Waals surface area contributed by atoms with Crippen LogP contribution in [-0.2, 0) is 11.2 Å². The van der Waals surface area contributed by atoms with Crippen LogP contribution in [0, 0.1) is 0 Å². The van der Waals surface area contributed by atoms with E-state index in [1.165, 1.54) is 0 Å². The maximum Gasteiger partial charge on any atom is 0.414 e. The molecule has 1 aromatic rings.